The van der Waals surface area contributed by atoms with E-state index in [1.165, 1.54) is 11.3 Å². The zero-order valence-electron chi connectivity index (χ0n) is 9.61. The molecule has 0 saturated carbocycles. The minimum Gasteiger partial charge on any atom is -0.435 e. The van der Waals surface area contributed by atoms with E-state index < -0.39 is 0 Å². The second-order valence-electron chi connectivity index (χ2n) is 3.69. The first-order chi connectivity index (χ1) is 9.33. The molecule has 0 fully saturated rings. The minimum absolute atomic E-state index is 0.213. The average Bonchev–Trinajstić information content (AvgIpc) is 2.99. The third kappa shape index (κ3) is 1.86. The van der Waals surface area contributed by atoms with Gasteiger partial charge < -0.3 is 4.74 Å². The molecule has 0 aliphatic carbocycles. The van der Waals surface area contributed by atoms with Gasteiger partial charge in [-0.05, 0) is 12.1 Å². The van der Waals surface area contributed by atoms with Gasteiger partial charge >= 0.3 is 0 Å². The Morgan fingerprint density at radius 2 is 2.26 bits per heavy atom. The molecule has 0 bridgehead atoms. The number of hydrogen-bond donors (Lipinski definition) is 0. The number of aromatic nitrogens is 2. The number of aldehydes is 1. The van der Waals surface area contributed by atoms with Crippen molar-refractivity contribution >= 4 is 22.6 Å². The van der Waals surface area contributed by atoms with Crippen LogP contribution in [-0.2, 0) is 0 Å². The van der Waals surface area contributed by atoms with Gasteiger partial charge in [0.25, 0.3) is 0 Å². The molecule has 2 aromatic heterocycles. The second-order valence-corrected chi connectivity index (χ2v) is 4.56. The predicted octanol–water partition coefficient (Wildman–Crippen LogP) is 2.87. The maximum absolute atomic E-state index is 11.1. The quantitative estimate of drug-likeness (QED) is 0.686. The van der Waals surface area contributed by atoms with Crippen LogP contribution in [0.4, 0.5) is 0 Å². The number of imidazole rings is 1. The highest BCUT2D eigenvalue weighted by atomic mass is 32.1. The zero-order chi connectivity index (χ0) is 13.2. The molecule has 5 nitrogen and oxygen atoms in total. The lowest BCUT2D eigenvalue weighted by Crippen LogP contribution is -1.93. The number of carbonyl (C=O) groups excluding carboxylic acids is 1. The van der Waals surface area contributed by atoms with Gasteiger partial charge in [-0.2, -0.15) is 10.2 Å². The van der Waals surface area contributed by atoms with E-state index in [9.17, 15) is 4.79 Å². The van der Waals surface area contributed by atoms with Gasteiger partial charge in [-0.25, -0.2) is 0 Å². The van der Waals surface area contributed by atoms with Gasteiger partial charge in [0.2, 0.25) is 5.88 Å². The van der Waals surface area contributed by atoms with E-state index in [0.717, 1.165) is 0 Å². The summed E-state index contributed by atoms with van der Waals surface area (Å²) in [5.74, 6) is 0.600. The summed E-state index contributed by atoms with van der Waals surface area (Å²) in [7, 11) is 0. The normalized spacial score (nSPS) is 10.3. The van der Waals surface area contributed by atoms with Gasteiger partial charge in [0.1, 0.15) is 11.8 Å². The van der Waals surface area contributed by atoms with Crippen molar-refractivity contribution in [1.82, 2.24) is 9.38 Å². The van der Waals surface area contributed by atoms with E-state index >= 15 is 0 Å². The topological polar surface area (TPSA) is 67.4 Å². The molecule has 0 atom stereocenters. The van der Waals surface area contributed by atoms with E-state index in [1.54, 1.807) is 34.9 Å². The highest BCUT2D eigenvalue weighted by Gasteiger charge is 2.15. The Morgan fingerprint density at radius 1 is 1.42 bits per heavy atom. The van der Waals surface area contributed by atoms with Crippen LogP contribution < -0.4 is 4.74 Å². The molecule has 3 rings (SSSR count). The summed E-state index contributed by atoms with van der Waals surface area (Å²) in [5.41, 5.74) is 0.736. The molecule has 19 heavy (non-hydrogen) atoms. The van der Waals surface area contributed by atoms with Crippen LogP contribution in [0.1, 0.15) is 16.1 Å². The highest BCUT2D eigenvalue weighted by Crippen LogP contribution is 2.28. The Hall–Kier alpha value is -2.65. The summed E-state index contributed by atoms with van der Waals surface area (Å²) < 4.78 is 7.24. The van der Waals surface area contributed by atoms with Gasteiger partial charge in [0.05, 0.1) is 5.56 Å². The van der Waals surface area contributed by atoms with Gasteiger partial charge in [0, 0.05) is 11.6 Å². The Bertz CT molecular complexity index is 798. The van der Waals surface area contributed by atoms with Gasteiger partial charge in [0.15, 0.2) is 16.9 Å². The number of thiazole rings is 1. The van der Waals surface area contributed by atoms with Crippen molar-refractivity contribution in [3.8, 4) is 17.7 Å². The maximum Gasteiger partial charge on any atom is 0.250 e. The average molecular weight is 269 g/mol. The smallest absolute Gasteiger partial charge is 0.250 e. The number of para-hydroxylation sites is 1. The minimum atomic E-state index is 0.213. The van der Waals surface area contributed by atoms with Crippen LogP contribution in [-0.4, -0.2) is 15.7 Å². The Labute approximate surface area is 112 Å². The first-order valence-electron chi connectivity index (χ1n) is 5.41. The Morgan fingerprint density at radius 3 is 3.05 bits per heavy atom. The number of carbonyl (C=O) groups is 1. The van der Waals surface area contributed by atoms with Crippen LogP contribution in [0, 0.1) is 11.3 Å². The van der Waals surface area contributed by atoms with Crippen molar-refractivity contribution < 1.29 is 9.53 Å². The number of hydrogen-bond acceptors (Lipinski definition) is 5. The molecule has 0 aliphatic rings. The molecule has 0 unspecified atom stereocenters. The Kier molecular flexibility index (Phi) is 2.74. The fraction of sp³-hybridized carbons (Fsp3) is 0. The van der Waals surface area contributed by atoms with Crippen LogP contribution in [0.5, 0.6) is 11.6 Å². The van der Waals surface area contributed by atoms with Crippen molar-refractivity contribution in [2.75, 3.05) is 0 Å². The molecule has 0 N–H and O–H groups in total. The van der Waals surface area contributed by atoms with E-state index in [2.05, 4.69) is 4.98 Å². The largest absolute Gasteiger partial charge is 0.435 e. The molecular weight excluding hydrogens is 262 g/mol. The first-order valence-corrected chi connectivity index (χ1v) is 6.29. The van der Waals surface area contributed by atoms with Gasteiger partial charge in [-0.1, -0.05) is 12.1 Å². The molecular formula is C13H7N3O2S. The summed E-state index contributed by atoms with van der Waals surface area (Å²) in [6.07, 6.45) is 2.44. The van der Waals surface area contributed by atoms with Gasteiger partial charge in [-0.3, -0.25) is 9.20 Å². The fourth-order valence-corrected chi connectivity index (χ4v) is 2.43. The number of nitrogens with zero attached hydrogens (tertiary/aromatic N) is 3. The maximum atomic E-state index is 11.1. The van der Waals surface area contributed by atoms with Crippen molar-refractivity contribution in [3.63, 3.8) is 0 Å². The molecule has 1 aromatic carbocycles. The monoisotopic (exact) mass is 269 g/mol. The van der Waals surface area contributed by atoms with Crippen molar-refractivity contribution in [2.24, 2.45) is 0 Å². The second kappa shape index (κ2) is 4.55. The van der Waals surface area contributed by atoms with Crippen molar-refractivity contribution in [2.45, 2.75) is 0 Å². The number of nitriles is 1. The molecule has 6 heteroatoms. The summed E-state index contributed by atoms with van der Waals surface area (Å²) in [4.78, 5) is 16.0. The summed E-state index contributed by atoms with van der Waals surface area (Å²) in [6.45, 7) is 0. The van der Waals surface area contributed by atoms with Crippen molar-refractivity contribution in [1.29, 1.82) is 5.26 Å². The standard InChI is InChI=1S/C13H7N3O2S/c14-7-9-3-1-2-4-11(9)18-12-10(8-17)16-5-6-19-13(16)15-12/h1-6,8H. The molecule has 2 heterocycles. The first kappa shape index (κ1) is 11.4. The number of rotatable bonds is 3. The SMILES string of the molecule is N#Cc1ccccc1Oc1nc2sccn2c1C=O. The molecule has 3 aromatic rings. The van der Waals surface area contributed by atoms with Crippen LogP contribution in [0.15, 0.2) is 35.8 Å². The lowest BCUT2D eigenvalue weighted by molar-refractivity contribution is 0.111. The molecule has 0 saturated heterocycles. The van der Waals surface area contributed by atoms with Crippen LogP contribution in [0.25, 0.3) is 4.96 Å². The number of benzene rings is 1. The van der Waals surface area contributed by atoms with Crippen LogP contribution in [0.2, 0.25) is 0 Å². The molecule has 0 amide bonds. The van der Waals surface area contributed by atoms with E-state index in [-0.39, 0.29) is 5.88 Å². The van der Waals surface area contributed by atoms with Crippen LogP contribution >= 0.6 is 11.3 Å². The Balaban J connectivity index is 2.08. The predicted molar refractivity (Wildman–Crippen MR) is 69.7 cm³/mol. The lowest BCUT2D eigenvalue weighted by atomic mass is 10.2. The lowest BCUT2D eigenvalue weighted by Gasteiger charge is -2.04. The van der Waals surface area contributed by atoms with Crippen molar-refractivity contribution in [3.05, 3.63) is 47.1 Å². The molecule has 0 aliphatic heterocycles. The highest BCUT2D eigenvalue weighted by molar-refractivity contribution is 7.15. The summed E-state index contributed by atoms with van der Waals surface area (Å²) in [6, 6.07) is 8.86. The molecule has 0 radical (unpaired) electrons. The van der Waals surface area contributed by atoms with E-state index in [0.29, 0.717) is 28.3 Å². The summed E-state index contributed by atoms with van der Waals surface area (Å²) in [5, 5.41) is 10.8. The van der Waals surface area contributed by atoms with Crippen LogP contribution in [0.3, 0.4) is 0 Å². The van der Waals surface area contributed by atoms with E-state index in [1.807, 2.05) is 11.4 Å². The third-order valence-corrected chi connectivity index (χ3v) is 3.35. The number of ether oxygens (including phenoxy) is 1. The third-order valence-electron chi connectivity index (χ3n) is 2.59. The zero-order valence-corrected chi connectivity index (χ0v) is 10.4. The fourth-order valence-electron chi connectivity index (χ4n) is 1.72. The van der Waals surface area contributed by atoms with E-state index in [4.69, 9.17) is 10.00 Å². The number of fused-ring (bicyclic) bond motifs is 1. The molecule has 0 spiro atoms. The summed E-state index contributed by atoms with van der Waals surface area (Å²) >= 11 is 1.41. The molecule has 92 valence electrons. The van der Waals surface area contributed by atoms with Gasteiger partial charge in [-0.15, -0.1) is 11.3 Å².